The minimum Gasteiger partial charge on any atom is -0.429 e. The van der Waals surface area contributed by atoms with Gasteiger partial charge in [-0.05, 0) is 37.2 Å². The topological polar surface area (TPSA) is 41.5 Å². The van der Waals surface area contributed by atoms with Crippen molar-refractivity contribution in [2.45, 2.75) is 25.6 Å². The van der Waals surface area contributed by atoms with Crippen molar-refractivity contribution in [2.24, 2.45) is 0 Å². The van der Waals surface area contributed by atoms with Crippen LogP contribution in [0.15, 0.2) is 28.7 Å². The molecule has 1 saturated heterocycles. The van der Waals surface area contributed by atoms with Gasteiger partial charge in [-0.15, -0.1) is 0 Å². The first kappa shape index (κ1) is 11.9. The van der Waals surface area contributed by atoms with Gasteiger partial charge in [-0.2, -0.15) is 0 Å². The van der Waals surface area contributed by atoms with Crippen LogP contribution < -0.4 is 0 Å². The van der Waals surface area contributed by atoms with Crippen LogP contribution in [0.1, 0.15) is 12.8 Å². The Bertz CT molecular complexity index is 596. The van der Waals surface area contributed by atoms with Gasteiger partial charge in [-0.1, -0.05) is 12.1 Å². The molecule has 0 saturated carbocycles. The van der Waals surface area contributed by atoms with Crippen LogP contribution in [-0.4, -0.2) is 33.8 Å². The van der Waals surface area contributed by atoms with Crippen LogP contribution in [0.2, 0.25) is 0 Å². The first-order chi connectivity index (χ1) is 8.74. The van der Waals surface area contributed by atoms with Crippen LogP contribution in [0.25, 0.3) is 11.1 Å². The summed E-state index contributed by atoms with van der Waals surface area (Å²) in [6.07, 6.45) is 1.53. The largest absolute Gasteiger partial charge is 0.429 e. The molecule has 0 radical (unpaired) electrons. The number of oxazole rings is 1. The van der Waals surface area contributed by atoms with Gasteiger partial charge in [0.05, 0.1) is 18.3 Å². The van der Waals surface area contributed by atoms with Crippen molar-refractivity contribution in [2.75, 3.05) is 13.1 Å². The minimum atomic E-state index is -0.143. The van der Waals surface area contributed by atoms with Gasteiger partial charge in [-0.25, -0.2) is 0 Å². The fraction of sp³-hybridized carbons (Fsp3) is 0.462. The van der Waals surface area contributed by atoms with Gasteiger partial charge < -0.3 is 9.52 Å². The molecular formula is C13H16N2O2S. The van der Waals surface area contributed by atoms with Crippen LogP contribution in [0, 0.1) is 4.84 Å². The predicted octanol–water partition coefficient (Wildman–Crippen LogP) is 2.38. The molecule has 1 aliphatic heterocycles. The highest BCUT2D eigenvalue weighted by molar-refractivity contribution is 7.71. The molecule has 3 rings (SSSR count). The van der Waals surface area contributed by atoms with E-state index in [0.717, 1.165) is 43.7 Å². The summed E-state index contributed by atoms with van der Waals surface area (Å²) in [6, 6.07) is 7.89. The molecule has 0 atom stereocenters. The van der Waals surface area contributed by atoms with Crippen molar-refractivity contribution >= 4 is 23.3 Å². The number of piperidine rings is 1. The standard InChI is InChI=1S/C13H16N2O2S/c16-10-5-7-14(8-6-10)9-15-11-3-1-2-4-12(11)17-13(15)18/h1-4,10,16H,5-9H2. The Labute approximate surface area is 110 Å². The van der Waals surface area contributed by atoms with Crippen LogP contribution in [0.4, 0.5) is 0 Å². The van der Waals surface area contributed by atoms with Crippen molar-refractivity contribution in [1.29, 1.82) is 0 Å². The van der Waals surface area contributed by atoms with Gasteiger partial charge >= 0.3 is 0 Å². The Kier molecular flexibility index (Phi) is 3.20. The van der Waals surface area contributed by atoms with Crippen LogP contribution >= 0.6 is 12.2 Å². The molecule has 96 valence electrons. The number of aliphatic hydroxyl groups is 1. The van der Waals surface area contributed by atoms with Crippen molar-refractivity contribution in [3.05, 3.63) is 29.1 Å². The van der Waals surface area contributed by atoms with E-state index in [1.54, 1.807) is 0 Å². The zero-order valence-corrected chi connectivity index (χ0v) is 10.9. The number of hydrogen-bond acceptors (Lipinski definition) is 4. The Morgan fingerprint density at radius 3 is 2.78 bits per heavy atom. The highest BCUT2D eigenvalue weighted by Crippen LogP contribution is 2.19. The van der Waals surface area contributed by atoms with E-state index < -0.39 is 0 Å². The lowest BCUT2D eigenvalue weighted by atomic mass is 10.1. The molecule has 1 aromatic heterocycles. The molecule has 0 unspecified atom stereocenters. The number of likely N-dealkylation sites (tertiary alicyclic amines) is 1. The minimum absolute atomic E-state index is 0.143. The molecule has 4 nitrogen and oxygen atoms in total. The average Bonchev–Trinajstić information content (AvgIpc) is 2.69. The lowest BCUT2D eigenvalue weighted by Gasteiger charge is -2.29. The second kappa shape index (κ2) is 4.84. The van der Waals surface area contributed by atoms with E-state index in [1.165, 1.54) is 0 Å². The highest BCUT2D eigenvalue weighted by atomic mass is 32.1. The number of benzene rings is 1. The molecule has 1 N–H and O–H groups in total. The van der Waals surface area contributed by atoms with Gasteiger partial charge in [0, 0.05) is 13.1 Å². The summed E-state index contributed by atoms with van der Waals surface area (Å²) in [7, 11) is 0. The third kappa shape index (κ3) is 2.21. The summed E-state index contributed by atoms with van der Waals surface area (Å²) >= 11 is 5.26. The second-order valence-corrected chi connectivity index (χ2v) is 5.10. The lowest BCUT2D eigenvalue weighted by molar-refractivity contribution is 0.0679. The number of rotatable bonds is 2. The molecule has 0 bridgehead atoms. The molecule has 18 heavy (non-hydrogen) atoms. The van der Waals surface area contributed by atoms with E-state index in [2.05, 4.69) is 4.90 Å². The molecular weight excluding hydrogens is 248 g/mol. The third-order valence-corrected chi connectivity index (χ3v) is 3.78. The molecule has 0 spiro atoms. The fourth-order valence-electron chi connectivity index (χ4n) is 2.41. The van der Waals surface area contributed by atoms with Crippen LogP contribution in [0.3, 0.4) is 0 Å². The summed E-state index contributed by atoms with van der Waals surface area (Å²) in [4.78, 5) is 2.81. The highest BCUT2D eigenvalue weighted by Gasteiger charge is 2.18. The average molecular weight is 264 g/mol. The predicted molar refractivity (Wildman–Crippen MR) is 71.9 cm³/mol. The maximum Gasteiger partial charge on any atom is 0.270 e. The molecule has 0 amide bonds. The van der Waals surface area contributed by atoms with Crippen molar-refractivity contribution in [1.82, 2.24) is 9.47 Å². The van der Waals surface area contributed by atoms with Gasteiger partial charge in [0.2, 0.25) is 0 Å². The molecule has 1 aromatic carbocycles. The zero-order valence-electron chi connectivity index (χ0n) is 10.1. The number of para-hydroxylation sites is 2. The Morgan fingerprint density at radius 2 is 2.00 bits per heavy atom. The van der Waals surface area contributed by atoms with E-state index in [0.29, 0.717) is 4.84 Å². The molecule has 1 fully saturated rings. The van der Waals surface area contributed by atoms with E-state index >= 15 is 0 Å². The number of hydrogen-bond donors (Lipinski definition) is 1. The maximum atomic E-state index is 9.51. The Morgan fingerprint density at radius 1 is 1.28 bits per heavy atom. The van der Waals surface area contributed by atoms with Crippen LogP contribution in [-0.2, 0) is 6.67 Å². The third-order valence-electron chi connectivity index (χ3n) is 3.47. The smallest absolute Gasteiger partial charge is 0.270 e. The summed E-state index contributed by atoms with van der Waals surface area (Å²) in [5, 5.41) is 9.51. The Hall–Kier alpha value is -1.17. The van der Waals surface area contributed by atoms with Crippen molar-refractivity contribution in [3.63, 3.8) is 0 Å². The van der Waals surface area contributed by atoms with E-state index in [-0.39, 0.29) is 6.10 Å². The second-order valence-electron chi connectivity index (χ2n) is 4.75. The molecule has 5 heteroatoms. The van der Waals surface area contributed by atoms with Gasteiger partial charge in [0.15, 0.2) is 5.58 Å². The van der Waals surface area contributed by atoms with E-state index in [9.17, 15) is 5.11 Å². The summed E-state index contributed by atoms with van der Waals surface area (Å²) in [5.74, 6) is 0. The monoisotopic (exact) mass is 264 g/mol. The summed E-state index contributed by atoms with van der Waals surface area (Å²) in [6.45, 7) is 2.55. The van der Waals surface area contributed by atoms with E-state index in [4.69, 9.17) is 16.6 Å². The van der Waals surface area contributed by atoms with Gasteiger partial charge in [-0.3, -0.25) is 9.47 Å². The number of aromatic nitrogens is 1. The molecule has 2 heterocycles. The summed E-state index contributed by atoms with van der Waals surface area (Å²) in [5.41, 5.74) is 1.87. The first-order valence-electron chi connectivity index (χ1n) is 6.23. The van der Waals surface area contributed by atoms with Gasteiger partial charge in [0.25, 0.3) is 4.84 Å². The fourth-order valence-corrected chi connectivity index (χ4v) is 2.65. The van der Waals surface area contributed by atoms with E-state index in [1.807, 2.05) is 28.8 Å². The zero-order chi connectivity index (χ0) is 12.5. The normalized spacial score (nSPS) is 18.5. The van der Waals surface area contributed by atoms with Gasteiger partial charge in [0.1, 0.15) is 0 Å². The Balaban J connectivity index is 1.86. The van der Waals surface area contributed by atoms with Crippen LogP contribution in [0.5, 0.6) is 0 Å². The molecule has 1 aliphatic rings. The first-order valence-corrected chi connectivity index (χ1v) is 6.63. The summed E-state index contributed by atoms with van der Waals surface area (Å²) < 4.78 is 7.58. The maximum absolute atomic E-state index is 9.51. The number of fused-ring (bicyclic) bond motifs is 1. The SMILES string of the molecule is OC1CCN(Cn2c(=S)oc3ccccc32)CC1. The number of nitrogens with zero attached hydrogens (tertiary/aromatic N) is 2. The molecule has 2 aromatic rings. The number of aliphatic hydroxyl groups excluding tert-OH is 1. The lowest BCUT2D eigenvalue weighted by Crippen LogP contribution is -2.36. The van der Waals surface area contributed by atoms with Crippen molar-refractivity contribution < 1.29 is 9.52 Å². The molecule has 0 aliphatic carbocycles. The van der Waals surface area contributed by atoms with Crippen molar-refractivity contribution in [3.8, 4) is 0 Å². The quantitative estimate of drug-likeness (QED) is 0.846.